The number of benzene rings is 1. The Morgan fingerprint density at radius 3 is 2.90 bits per heavy atom. The lowest BCUT2D eigenvalue weighted by molar-refractivity contribution is 0.342. The maximum absolute atomic E-state index is 5.56. The number of hydrogen-bond donors (Lipinski definition) is 2. The van der Waals surface area contributed by atoms with Gasteiger partial charge < -0.3 is 20.2 Å². The Balaban J connectivity index is 2.00. The fourth-order valence-electron chi connectivity index (χ4n) is 2.94. The molecule has 108 valence electrons. The first-order valence-electron chi connectivity index (χ1n) is 6.68. The topological polar surface area (TPSA) is 54.9 Å². The predicted molar refractivity (Wildman–Crippen MR) is 81.5 cm³/mol. The number of nitrogens with zero attached hydrogens (tertiary/aromatic N) is 1. The molecule has 1 saturated heterocycles. The molecular weight excluding hydrogens is 322 g/mol. The molecule has 0 radical (unpaired) electrons. The third-order valence-electron chi connectivity index (χ3n) is 3.91. The van der Waals surface area contributed by atoms with E-state index in [0.717, 1.165) is 41.0 Å². The van der Waals surface area contributed by atoms with E-state index in [1.54, 1.807) is 14.2 Å². The highest BCUT2D eigenvalue weighted by atomic mass is 79.9. The highest BCUT2D eigenvalue weighted by Crippen LogP contribution is 2.42. The van der Waals surface area contributed by atoms with Gasteiger partial charge in [-0.25, -0.2) is 0 Å². The molecular formula is C14H18BrN3O2. The Labute approximate surface area is 126 Å². The molecule has 0 aromatic heterocycles. The van der Waals surface area contributed by atoms with Crippen molar-refractivity contribution in [3.63, 3.8) is 0 Å². The van der Waals surface area contributed by atoms with E-state index < -0.39 is 0 Å². The van der Waals surface area contributed by atoms with Gasteiger partial charge in [0.15, 0.2) is 11.5 Å². The first-order valence-corrected chi connectivity index (χ1v) is 7.48. The van der Waals surface area contributed by atoms with Crippen LogP contribution in [0.25, 0.3) is 0 Å². The number of nitrogens with one attached hydrogen (secondary N) is 2. The van der Waals surface area contributed by atoms with Crippen molar-refractivity contribution in [3.05, 3.63) is 22.2 Å². The SMILES string of the molecule is COc1cc(Br)cc(C2NN=C3CCNCC32)c1OC. The zero-order valence-electron chi connectivity index (χ0n) is 11.6. The molecule has 0 saturated carbocycles. The average Bonchev–Trinajstić information content (AvgIpc) is 2.90. The lowest BCUT2D eigenvalue weighted by Gasteiger charge is -2.27. The molecule has 2 aliphatic rings. The summed E-state index contributed by atoms with van der Waals surface area (Å²) in [6.45, 7) is 1.94. The Hall–Kier alpha value is -1.27. The van der Waals surface area contributed by atoms with Gasteiger partial charge in [-0.2, -0.15) is 5.10 Å². The molecule has 0 spiro atoms. The molecule has 0 bridgehead atoms. The van der Waals surface area contributed by atoms with E-state index >= 15 is 0 Å². The number of rotatable bonds is 3. The molecule has 2 N–H and O–H groups in total. The van der Waals surface area contributed by atoms with Crippen LogP contribution < -0.4 is 20.2 Å². The number of fused-ring (bicyclic) bond motifs is 1. The highest BCUT2D eigenvalue weighted by molar-refractivity contribution is 9.10. The number of halogens is 1. The summed E-state index contributed by atoms with van der Waals surface area (Å²) in [5.41, 5.74) is 5.58. The molecule has 2 aliphatic heterocycles. The van der Waals surface area contributed by atoms with E-state index in [4.69, 9.17) is 9.47 Å². The van der Waals surface area contributed by atoms with Crippen LogP contribution in [0.4, 0.5) is 0 Å². The van der Waals surface area contributed by atoms with Crippen LogP contribution in [0, 0.1) is 5.92 Å². The van der Waals surface area contributed by atoms with E-state index in [1.807, 2.05) is 6.07 Å². The summed E-state index contributed by atoms with van der Waals surface area (Å²) >= 11 is 3.54. The molecule has 0 amide bonds. The third kappa shape index (κ3) is 2.27. The van der Waals surface area contributed by atoms with Gasteiger partial charge in [0.05, 0.1) is 20.3 Å². The van der Waals surface area contributed by atoms with Crippen molar-refractivity contribution in [3.8, 4) is 11.5 Å². The number of hydrogen-bond acceptors (Lipinski definition) is 5. The summed E-state index contributed by atoms with van der Waals surface area (Å²) in [6, 6.07) is 4.11. The summed E-state index contributed by atoms with van der Waals surface area (Å²) in [4.78, 5) is 0. The third-order valence-corrected chi connectivity index (χ3v) is 4.37. The average molecular weight is 340 g/mol. The Morgan fingerprint density at radius 2 is 2.15 bits per heavy atom. The van der Waals surface area contributed by atoms with Crippen molar-refractivity contribution < 1.29 is 9.47 Å². The molecule has 2 unspecified atom stereocenters. The quantitative estimate of drug-likeness (QED) is 0.885. The number of hydrazone groups is 1. The first-order chi connectivity index (χ1) is 9.74. The van der Waals surface area contributed by atoms with Crippen LogP contribution in [0.2, 0.25) is 0 Å². The van der Waals surface area contributed by atoms with Crippen molar-refractivity contribution in [1.82, 2.24) is 10.7 Å². The zero-order valence-corrected chi connectivity index (χ0v) is 13.2. The van der Waals surface area contributed by atoms with E-state index in [0.29, 0.717) is 5.92 Å². The van der Waals surface area contributed by atoms with Gasteiger partial charge in [-0.1, -0.05) is 15.9 Å². The predicted octanol–water partition coefficient (Wildman–Crippen LogP) is 2.08. The van der Waals surface area contributed by atoms with Gasteiger partial charge in [-0.05, 0) is 12.1 Å². The van der Waals surface area contributed by atoms with Crippen molar-refractivity contribution in [2.75, 3.05) is 27.3 Å². The number of methoxy groups -OCH3 is 2. The smallest absolute Gasteiger partial charge is 0.166 e. The monoisotopic (exact) mass is 339 g/mol. The van der Waals surface area contributed by atoms with Crippen molar-refractivity contribution in [2.24, 2.45) is 11.0 Å². The van der Waals surface area contributed by atoms with Crippen LogP contribution in [-0.4, -0.2) is 33.0 Å². The second-order valence-electron chi connectivity index (χ2n) is 5.00. The molecule has 6 heteroatoms. The van der Waals surface area contributed by atoms with Gasteiger partial charge in [0.2, 0.25) is 0 Å². The maximum Gasteiger partial charge on any atom is 0.166 e. The van der Waals surface area contributed by atoms with Crippen LogP contribution in [-0.2, 0) is 0 Å². The zero-order chi connectivity index (χ0) is 14.1. The second-order valence-corrected chi connectivity index (χ2v) is 5.92. The van der Waals surface area contributed by atoms with Crippen LogP contribution >= 0.6 is 15.9 Å². The standard InChI is InChI=1S/C14H18BrN3O2/c1-19-12-6-8(15)5-9(14(12)20-2)13-10-7-16-4-3-11(10)17-18-13/h5-6,10,13,16,18H,3-4,7H2,1-2H3. The Morgan fingerprint density at radius 1 is 1.30 bits per heavy atom. The van der Waals surface area contributed by atoms with Gasteiger partial charge in [-0.3, -0.25) is 0 Å². The van der Waals surface area contributed by atoms with E-state index in [-0.39, 0.29) is 6.04 Å². The van der Waals surface area contributed by atoms with Crippen molar-refractivity contribution in [1.29, 1.82) is 0 Å². The summed E-state index contributed by atoms with van der Waals surface area (Å²) < 4.78 is 12.0. The highest BCUT2D eigenvalue weighted by Gasteiger charge is 2.36. The van der Waals surface area contributed by atoms with Gasteiger partial charge in [0, 0.05) is 41.2 Å². The largest absolute Gasteiger partial charge is 0.493 e. The number of piperidine rings is 1. The van der Waals surface area contributed by atoms with E-state index in [2.05, 4.69) is 37.8 Å². The lowest BCUT2D eigenvalue weighted by Crippen LogP contribution is -2.38. The van der Waals surface area contributed by atoms with E-state index in [9.17, 15) is 0 Å². The maximum atomic E-state index is 5.56. The first kappa shape index (κ1) is 13.7. The van der Waals surface area contributed by atoms with Gasteiger partial charge in [0.25, 0.3) is 0 Å². The molecule has 2 atom stereocenters. The molecule has 20 heavy (non-hydrogen) atoms. The van der Waals surface area contributed by atoms with Crippen LogP contribution in [0.3, 0.4) is 0 Å². The van der Waals surface area contributed by atoms with Crippen LogP contribution in [0.1, 0.15) is 18.0 Å². The lowest BCUT2D eigenvalue weighted by atomic mass is 9.87. The normalized spacial score (nSPS) is 24.6. The number of ether oxygens (including phenoxy) is 2. The van der Waals surface area contributed by atoms with Gasteiger partial charge in [-0.15, -0.1) is 0 Å². The minimum atomic E-state index is 0.124. The fourth-order valence-corrected chi connectivity index (χ4v) is 3.40. The molecule has 1 fully saturated rings. The van der Waals surface area contributed by atoms with Crippen LogP contribution in [0.5, 0.6) is 11.5 Å². The molecule has 2 heterocycles. The van der Waals surface area contributed by atoms with Crippen molar-refractivity contribution >= 4 is 21.6 Å². The second kappa shape index (κ2) is 5.61. The van der Waals surface area contributed by atoms with Gasteiger partial charge in [0.1, 0.15) is 0 Å². The summed E-state index contributed by atoms with van der Waals surface area (Å²) in [6.07, 6.45) is 1.00. The summed E-state index contributed by atoms with van der Waals surface area (Å²) in [7, 11) is 3.32. The van der Waals surface area contributed by atoms with Crippen molar-refractivity contribution in [2.45, 2.75) is 12.5 Å². The van der Waals surface area contributed by atoms with E-state index in [1.165, 1.54) is 5.71 Å². The Bertz CT molecular complexity index is 547. The molecule has 5 nitrogen and oxygen atoms in total. The molecule has 0 aliphatic carbocycles. The Kier molecular flexibility index (Phi) is 3.85. The minimum Gasteiger partial charge on any atom is -0.493 e. The fraction of sp³-hybridized carbons (Fsp3) is 0.500. The van der Waals surface area contributed by atoms with Crippen LogP contribution in [0.15, 0.2) is 21.7 Å². The minimum absolute atomic E-state index is 0.124. The van der Waals surface area contributed by atoms with Gasteiger partial charge >= 0.3 is 0 Å². The summed E-state index contributed by atoms with van der Waals surface area (Å²) in [5, 5.41) is 7.92. The molecule has 1 aromatic rings. The summed E-state index contributed by atoms with van der Waals surface area (Å²) in [5.74, 6) is 1.88. The molecule has 3 rings (SSSR count). The molecule has 1 aromatic carbocycles.